The monoisotopic (exact) mass is 744 g/mol. The second-order valence-electron chi connectivity index (χ2n) is 13.0. The zero-order chi connectivity index (χ0) is 37.5. The summed E-state index contributed by atoms with van der Waals surface area (Å²) >= 11 is 0. The third-order valence-electron chi connectivity index (χ3n) is 9.48. The van der Waals surface area contributed by atoms with Gasteiger partial charge in [0.05, 0.1) is 12.5 Å². The van der Waals surface area contributed by atoms with Gasteiger partial charge in [-0.15, -0.1) is 0 Å². The molecule has 2 aliphatic rings. The number of nitrogens with one attached hydrogen (secondary N) is 1. The fourth-order valence-electron chi connectivity index (χ4n) is 6.88. The summed E-state index contributed by atoms with van der Waals surface area (Å²) in [6, 6.07) is 38.9. The molecule has 0 aliphatic carbocycles. The number of benzene rings is 5. The summed E-state index contributed by atoms with van der Waals surface area (Å²) in [5.74, 6) is -3.07. The molecule has 4 atom stereocenters. The Morgan fingerprint density at radius 3 is 1.59 bits per heavy atom. The number of hydrogen-bond donors (Lipinski definition) is 1. The molecule has 274 valence electrons. The lowest BCUT2D eigenvalue weighted by Gasteiger charge is -2.45. The summed E-state index contributed by atoms with van der Waals surface area (Å²) in [7, 11) is -4.98. The Morgan fingerprint density at radius 2 is 1.09 bits per heavy atom. The molecule has 5 aromatic rings. The molecule has 11 nitrogen and oxygen atoms in total. The van der Waals surface area contributed by atoms with Gasteiger partial charge in [-0.2, -0.15) is 0 Å². The van der Waals surface area contributed by atoms with Crippen LogP contribution in [0.2, 0.25) is 0 Å². The van der Waals surface area contributed by atoms with E-state index in [2.05, 4.69) is 5.32 Å². The first kappa shape index (κ1) is 36.2. The minimum Gasteiger partial charge on any atom is -0.460 e. The Balaban J connectivity index is 1.33. The Kier molecular flexibility index (Phi) is 10.6. The average molecular weight is 745 g/mol. The quantitative estimate of drug-likeness (QED) is 0.0792. The third kappa shape index (κ3) is 7.36. The Bertz CT molecular complexity index is 2090. The lowest BCUT2D eigenvalue weighted by molar-refractivity contribution is -0.168. The molecule has 2 unspecified atom stereocenters. The van der Waals surface area contributed by atoms with E-state index in [1.54, 1.807) is 115 Å². The first-order chi connectivity index (χ1) is 26.3. The highest BCUT2D eigenvalue weighted by molar-refractivity contribution is 7.57. The van der Waals surface area contributed by atoms with Crippen LogP contribution in [0.15, 0.2) is 152 Å². The Labute approximate surface area is 312 Å². The molecule has 1 N–H and O–H groups in total. The van der Waals surface area contributed by atoms with Crippen molar-refractivity contribution in [1.29, 1.82) is 0 Å². The van der Waals surface area contributed by atoms with Crippen LogP contribution in [0.5, 0.6) is 11.5 Å². The van der Waals surface area contributed by atoms with Crippen molar-refractivity contribution in [3.63, 3.8) is 0 Å². The van der Waals surface area contributed by atoms with Crippen molar-refractivity contribution in [3.05, 3.63) is 168 Å². The molecular weight excluding hydrogens is 707 g/mol. The van der Waals surface area contributed by atoms with Gasteiger partial charge in [-0.25, -0.2) is 9.36 Å². The number of hydrogen-bond acceptors (Lipinski definition) is 9. The van der Waals surface area contributed by atoms with E-state index in [-0.39, 0.29) is 31.1 Å². The maximum atomic E-state index is 15.9. The van der Waals surface area contributed by atoms with E-state index < -0.39 is 61.1 Å². The number of esters is 2. The minimum atomic E-state index is -4.98. The van der Waals surface area contributed by atoms with Gasteiger partial charge < -0.3 is 28.7 Å². The molecule has 54 heavy (non-hydrogen) atoms. The summed E-state index contributed by atoms with van der Waals surface area (Å²) < 4.78 is 40.2. The van der Waals surface area contributed by atoms with Crippen LogP contribution in [0.3, 0.4) is 0 Å². The van der Waals surface area contributed by atoms with Crippen molar-refractivity contribution in [2.24, 2.45) is 0 Å². The number of carbonyl (C=O) groups is 4. The number of fused-ring (bicyclic) bond motifs is 1. The molecule has 5 aromatic carbocycles. The number of rotatable bonds is 14. The van der Waals surface area contributed by atoms with E-state index in [9.17, 15) is 19.2 Å². The molecule has 0 aromatic heterocycles. The lowest BCUT2D eigenvalue weighted by atomic mass is 9.93. The normalized spacial score (nSPS) is 20.2. The van der Waals surface area contributed by atoms with Gasteiger partial charge >= 0.3 is 19.5 Å². The molecule has 12 heteroatoms. The highest BCUT2D eigenvalue weighted by Gasteiger charge is 2.79. The molecule has 0 bridgehead atoms. The van der Waals surface area contributed by atoms with Crippen molar-refractivity contribution in [3.8, 4) is 11.5 Å². The van der Waals surface area contributed by atoms with Crippen LogP contribution < -0.4 is 14.4 Å². The van der Waals surface area contributed by atoms with E-state index in [0.717, 1.165) is 10.5 Å². The van der Waals surface area contributed by atoms with Crippen LogP contribution >= 0.6 is 7.60 Å². The predicted molar refractivity (Wildman–Crippen MR) is 198 cm³/mol. The smallest absolute Gasteiger partial charge is 0.450 e. The summed E-state index contributed by atoms with van der Waals surface area (Å²) in [5.41, 5.74) is 1.99. The Hall–Kier alpha value is -6.19. The topological polar surface area (TPSA) is 138 Å². The van der Waals surface area contributed by atoms with E-state index >= 15 is 4.57 Å². The summed E-state index contributed by atoms with van der Waals surface area (Å²) in [5, 5.41) is 0.311. The second-order valence-corrected chi connectivity index (χ2v) is 15.2. The van der Waals surface area contributed by atoms with Crippen molar-refractivity contribution < 1.29 is 42.3 Å². The van der Waals surface area contributed by atoms with Gasteiger partial charge in [0.1, 0.15) is 30.8 Å². The standard InChI is InChI=1S/C42H37N2O9P/c45-36(26-30-16-6-1-7-17-30)43-37-35-27-42(41(48)51-29-32-20-10-3-11-21-32,38(44(35)39(37)46)40(47)50-28-31-18-8-2-9-19-31)54(49,52-33-22-12-4-13-23-33)53-34-24-14-5-15-25-34/h1-25,35,37-38H,26-29H2,(H,43,45)/t35-,37+,38?,42?/m1/s1. The molecular formula is C42H37N2O9P. The molecule has 2 aliphatic heterocycles. The van der Waals surface area contributed by atoms with E-state index in [1.165, 1.54) is 24.3 Å². The number of carbonyl (C=O) groups excluding carboxylic acids is 4. The predicted octanol–water partition coefficient (Wildman–Crippen LogP) is 6.27. The van der Waals surface area contributed by atoms with E-state index in [1.807, 2.05) is 12.1 Å². The molecule has 0 spiro atoms. The van der Waals surface area contributed by atoms with Gasteiger partial charge in [0.25, 0.3) is 0 Å². The molecule has 0 radical (unpaired) electrons. The van der Waals surface area contributed by atoms with Crippen LogP contribution in [0.25, 0.3) is 0 Å². The molecule has 7 rings (SSSR count). The number of amides is 2. The van der Waals surface area contributed by atoms with Crippen LogP contribution in [-0.2, 0) is 52.9 Å². The van der Waals surface area contributed by atoms with Crippen molar-refractivity contribution >= 4 is 31.3 Å². The lowest BCUT2D eigenvalue weighted by Crippen LogP contribution is -2.71. The van der Waals surface area contributed by atoms with Crippen LogP contribution in [-0.4, -0.2) is 51.9 Å². The first-order valence-electron chi connectivity index (χ1n) is 17.4. The molecule has 0 saturated carbocycles. The van der Waals surface area contributed by atoms with Gasteiger partial charge in [0.2, 0.25) is 17.0 Å². The van der Waals surface area contributed by atoms with Gasteiger partial charge in [0.15, 0.2) is 6.04 Å². The Morgan fingerprint density at radius 1 is 0.648 bits per heavy atom. The summed E-state index contributed by atoms with van der Waals surface area (Å²) in [6.07, 6.45) is -0.443. The largest absolute Gasteiger partial charge is 0.460 e. The summed E-state index contributed by atoms with van der Waals surface area (Å²) in [6.45, 7) is -0.460. The first-order valence-corrected chi connectivity index (χ1v) is 19.0. The van der Waals surface area contributed by atoms with Gasteiger partial charge in [0, 0.05) is 6.42 Å². The fourth-order valence-corrected chi connectivity index (χ4v) is 9.27. The second kappa shape index (κ2) is 15.8. The zero-order valence-electron chi connectivity index (χ0n) is 29.1. The zero-order valence-corrected chi connectivity index (χ0v) is 30.0. The maximum Gasteiger partial charge on any atom is 0.450 e. The third-order valence-corrected chi connectivity index (χ3v) is 12.0. The van der Waals surface area contributed by atoms with Crippen LogP contribution in [0, 0.1) is 0 Å². The number of β-lactam (4-membered cyclic amide) rings is 1. The molecule has 2 amide bonds. The number of para-hydroxylation sites is 2. The van der Waals surface area contributed by atoms with Crippen LogP contribution in [0.1, 0.15) is 23.1 Å². The highest BCUT2D eigenvalue weighted by Crippen LogP contribution is 2.67. The van der Waals surface area contributed by atoms with E-state index in [4.69, 9.17) is 18.5 Å². The maximum absolute atomic E-state index is 15.9. The average Bonchev–Trinajstić information content (AvgIpc) is 3.54. The number of nitrogens with zero attached hydrogens (tertiary/aromatic N) is 1. The highest BCUT2D eigenvalue weighted by atomic mass is 31.2. The van der Waals surface area contributed by atoms with Gasteiger partial charge in [-0.1, -0.05) is 127 Å². The van der Waals surface area contributed by atoms with Gasteiger partial charge in [-0.05, 0) is 41.0 Å². The van der Waals surface area contributed by atoms with E-state index in [0.29, 0.717) is 11.1 Å². The van der Waals surface area contributed by atoms with Crippen molar-refractivity contribution in [2.45, 2.75) is 49.3 Å². The summed E-state index contributed by atoms with van der Waals surface area (Å²) in [4.78, 5) is 58.1. The van der Waals surface area contributed by atoms with Crippen molar-refractivity contribution in [2.75, 3.05) is 0 Å². The molecule has 2 fully saturated rings. The number of ether oxygens (including phenoxy) is 2. The van der Waals surface area contributed by atoms with Gasteiger partial charge in [-0.3, -0.25) is 14.4 Å². The minimum absolute atomic E-state index is 0.0170. The van der Waals surface area contributed by atoms with Crippen LogP contribution in [0.4, 0.5) is 0 Å². The van der Waals surface area contributed by atoms with Crippen molar-refractivity contribution in [1.82, 2.24) is 10.2 Å². The molecule has 2 saturated heterocycles. The fraction of sp³-hybridized carbons (Fsp3) is 0.190. The molecule has 2 heterocycles. The SMILES string of the molecule is O=C(Cc1ccccc1)N[C@@H]1C(=O)N2C(C(=O)OCc3ccccc3)C(C(=O)OCc3ccccc3)(P(=O)(Oc3ccccc3)Oc3ccccc3)C[C@H]12.